The van der Waals surface area contributed by atoms with Crippen molar-refractivity contribution in [3.8, 4) is 5.75 Å². The topological polar surface area (TPSA) is 18.5 Å². The Balaban J connectivity index is 1.92. The lowest BCUT2D eigenvalue weighted by molar-refractivity contribution is 0.195. The van der Waals surface area contributed by atoms with Crippen LogP contribution in [0, 0.1) is 6.92 Å². The molecule has 0 heterocycles. The van der Waals surface area contributed by atoms with Gasteiger partial charge in [0, 0.05) is 13.7 Å². The standard InChI is InChI=1S/C14H20O2/c1-11-10-12(4-3-9-15-2)5-8-14(11)16-13-6-7-13/h5,8,10,13H,3-4,6-7,9H2,1-2H3. The average Bonchev–Trinajstić information content (AvgIpc) is 3.06. The molecule has 1 aromatic carbocycles. The van der Waals surface area contributed by atoms with Crippen LogP contribution in [0.5, 0.6) is 5.75 Å². The molecule has 1 aliphatic rings. The normalized spacial score (nSPS) is 15.1. The molecule has 1 aliphatic carbocycles. The second-order valence-electron chi connectivity index (χ2n) is 4.51. The minimum Gasteiger partial charge on any atom is -0.490 e. The lowest BCUT2D eigenvalue weighted by atomic mass is 10.1. The van der Waals surface area contributed by atoms with Crippen LogP contribution in [0.2, 0.25) is 0 Å². The van der Waals surface area contributed by atoms with E-state index in [1.54, 1.807) is 7.11 Å². The summed E-state index contributed by atoms with van der Waals surface area (Å²) in [6.45, 7) is 2.96. The minimum atomic E-state index is 0.484. The van der Waals surface area contributed by atoms with Gasteiger partial charge in [0.2, 0.25) is 0 Å². The van der Waals surface area contributed by atoms with Gasteiger partial charge in [0.25, 0.3) is 0 Å². The first-order chi connectivity index (χ1) is 7.79. The van der Waals surface area contributed by atoms with Gasteiger partial charge in [-0.2, -0.15) is 0 Å². The Morgan fingerprint density at radius 2 is 2.12 bits per heavy atom. The third-order valence-electron chi connectivity index (χ3n) is 2.87. The maximum atomic E-state index is 5.81. The monoisotopic (exact) mass is 220 g/mol. The summed E-state index contributed by atoms with van der Waals surface area (Å²) in [6.07, 6.45) is 5.08. The van der Waals surface area contributed by atoms with Crippen molar-refractivity contribution in [2.75, 3.05) is 13.7 Å². The van der Waals surface area contributed by atoms with Gasteiger partial charge in [-0.25, -0.2) is 0 Å². The second kappa shape index (κ2) is 5.35. The molecular formula is C14H20O2. The summed E-state index contributed by atoms with van der Waals surface area (Å²) in [5, 5.41) is 0. The molecular weight excluding hydrogens is 200 g/mol. The predicted molar refractivity (Wildman–Crippen MR) is 65.0 cm³/mol. The largest absolute Gasteiger partial charge is 0.490 e. The van der Waals surface area contributed by atoms with Crippen LogP contribution < -0.4 is 4.74 Å². The van der Waals surface area contributed by atoms with E-state index in [2.05, 4.69) is 25.1 Å². The third-order valence-corrected chi connectivity index (χ3v) is 2.87. The molecule has 0 saturated heterocycles. The molecule has 0 spiro atoms. The quantitative estimate of drug-likeness (QED) is 0.686. The maximum absolute atomic E-state index is 5.81. The minimum absolute atomic E-state index is 0.484. The average molecular weight is 220 g/mol. The highest BCUT2D eigenvalue weighted by atomic mass is 16.5. The summed E-state index contributed by atoms with van der Waals surface area (Å²) >= 11 is 0. The summed E-state index contributed by atoms with van der Waals surface area (Å²) in [4.78, 5) is 0. The molecule has 0 aromatic heterocycles. The molecule has 0 atom stereocenters. The molecule has 88 valence electrons. The molecule has 1 saturated carbocycles. The Bertz CT molecular complexity index is 343. The SMILES string of the molecule is COCCCc1ccc(OC2CC2)c(C)c1. The first kappa shape index (κ1) is 11.5. The highest BCUT2D eigenvalue weighted by Gasteiger charge is 2.23. The van der Waals surface area contributed by atoms with Crippen molar-refractivity contribution in [2.24, 2.45) is 0 Å². The van der Waals surface area contributed by atoms with Crippen molar-refractivity contribution in [1.29, 1.82) is 0 Å². The van der Waals surface area contributed by atoms with Crippen LogP contribution in [0.4, 0.5) is 0 Å². The Morgan fingerprint density at radius 3 is 2.75 bits per heavy atom. The van der Waals surface area contributed by atoms with E-state index in [4.69, 9.17) is 9.47 Å². The molecule has 2 rings (SSSR count). The van der Waals surface area contributed by atoms with E-state index >= 15 is 0 Å². The Morgan fingerprint density at radius 1 is 1.31 bits per heavy atom. The van der Waals surface area contributed by atoms with E-state index in [9.17, 15) is 0 Å². The summed E-state index contributed by atoms with van der Waals surface area (Å²) in [5.74, 6) is 1.05. The molecule has 0 aliphatic heterocycles. The van der Waals surface area contributed by atoms with Gasteiger partial charge < -0.3 is 9.47 Å². The molecule has 1 aromatic rings. The summed E-state index contributed by atoms with van der Waals surface area (Å²) in [5.41, 5.74) is 2.62. The zero-order valence-corrected chi connectivity index (χ0v) is 10.2. The van der Waals surface area contributed by atoms with Gasteiger partial charge in [0.15, 0.2) is 0 Å². The number of ether oxygens (including phenoxy) is 2. The smallest absolute Gasteiger partial charge is 0.122 e. The van der Waals surface area contributed by atoms with E-state index < -0.39 is 0 Å². The summed E-state index contributed by atoms with van der Waals surface area (Å²) in [6, 6.07) is 6.50. The van der Waals surface area contributed by atoms with Crippen LogP contribution in [0.1, 0.15) is 30.4 Å². The molecule has 0 unspecified atom stereocenters. The molecule has 16 heavy (non-hydrogen) atoms. The van der Waals surface area contributed by atoms with Crippen molar-refractivity contribution in [1.82, 2.24) is 0 Å². The number of hydrogen-bond donors (Lipinski definition) is 0. The maximum Gasteiger partial charge on any atom is 0.122 e. The van der Waals surface area contributed by atoms with Crippen LogP contribution in [0.15, 0.2) is 18.2 Å². The highest BCUT2D eigenvalue weighted by molar-refractivity contribution is 5.36. The zero-order valence-electron chi connectivity index (χ0n) is 10.2. The summed E-state index contributed by atoms with van der Waals surface area (Å²) in [7, 11) is 1.75. The molecule has 2 nitrogen and oxygen atoms in total. The number of methoxy groups -OCH3 is 1. The first-order valence-electron chi connectivity index (χ1n) is 6.04. The molecule has 2 heteroatoms. The van der Waals surface area contributed by atoms with Crippen molar-refractivity contribution in [3.63, 3.8) is 0 Å². The van der Waals surface area contributed by atoms with E-state index in [1.807, 2.05) is 0 Å². The van der Waals surface area contributed by atoms with E-state index in [1.165, 1.54) is 24.0 Å². The number of rotatable bonds is 6. The van der Waals surface area contributed by atoms with Crippen molar-refractivity contribution >= 4 is 0 Å². The van der Waals surface area contributed by atoms with Gasteiger partial charge in [-0.3, -0.25) is 0 Å². The van der Waals surface area contributed by atoms with E-state index in [0.29, 0.717) is 6.10 Å². The predicted octanol–water partition coefficient (Wildman–Crippen LogP) is 3.12. The Hall–Kier alpha value is -1.02. The molecule has 0 N–H and O–H groups in total. The van der Waals surface area contributed by atoms with Crippen molar-refractivity contribution < 1.29 is 9.47 Å². The first-order valence-corrected chi connectivity index (χ1v) is 6.04. The zero-order chi connectivity index (χ0) is 11.4. The second-order valence-corrected chi connectivity index (χ2v) is 4.51. The van der Waals surface area contributed by atoms with Crippen LogP contribution in [0.25, 0.3) is 0 Å². The fourth-order valence-electron chi connectivity index (χ4n) is 1.79. The van der Waals surface area contributed by atoms with Crippen molar-refractivity contribution in [3.05, 3.63) is 29.3 Å². The number of aryl methyl sites for hydroxylation is 2. The fourth-order valence-corrected chi connectivity index (χ4v) is 1.79. The van der Waals surface area contributed by atoms with E-state index in [-0.39, 0.29) is 0 Å². The van der Waals surface area contributed by atoms with Gasteiger partial charge in [0.05, 0.1) is 6.10 Å². The number of hydrogen-bond acceptors (Lipinski definition) is 2. The van der Waals surface area contributed by atoms with Crippen LogP contribution >= 0.6 is 0 Å². The van der Waals surface area contributed by atoms with Gasteiger partial charge in [0.1, 0.15) is 5.75 Å². The molecule has 1 fully saturated rings. The Labute approximate surface area is 97.6 Å². The summed E-state index contributed by atoms with van der Waals surface area (Å²) < 4.78 is 10.9. The highest BCUT2D eigenvalue weighted by Crippen LogP contribution is 2.29. The number of benzene rings is 1. The van der Waals surface area contributed by atoms with Crippen LogP contribution in [-0.4, -0.2) is 19.8 Å². The van der Waals surface area contributed by atoms with Gasteiger partial charge in [-0.1, -0.05) is 12.1 Å². The molecule has 0 bridgehead atoms. The molecule has 0 amide bonds. The van der Waals surface area contributed by atoms with Crippen LogP contribution in [-0.2, 0) is 11.2 Å². The molecule has 0 radical (unpaired) electrons. The fraction of sp³-hybridized carbons (Fsp3) is 0.571. The van der Waals surface area contributed by atoms with Gasteiger partial charge >= 0.3 is 0 Å². The van der Waals surface area contributed by atoms with Gasteiger partial charge in [-0.15, -0.1) is 0 Å². The lowest BCUT2D eigenvalue weighted by Crippen LogP contribution is -1.99. The van der Waals surface area contributed by atoms with Crippen molar-refractivity contribution in [2.45, 2.75) is 38.7 Å². The van der Waals surface area contributed by atoms with Crippen LogP contribution in [0.3, 0.4) is 0 Å². The Kier molecular flexibility index (Phi) is 3.83. The third kappa shape index (κ3) is 3.24. The van der Waals surface area contributed by atoms with Gasteiger partial charge in [-0.05, 0) is 49.8 Å². The lowest BCUT2D eigenvalue weighted by Gasteiger charge is -2.09. The van der Waals surface area contributed by atoms with E-state index in [0.717, 1.165) is 25.2 Å².